The monoisotopic (exact) mass is 250 g/mol. The van der Waals surface area contributed by atoms with E-state index < -0.39 is 0 Å². The predicted molar refractivity (Wildman–Crippen MR) is 62.5 cm³/mol. The van der Waals surface area contributed by atoms with Crippen LogP contribution in [0.1, 0.15) is 26.2 Å². The minimum atomic E-state index is -0.387. The summed E-state index contributed by atoms with van der Waals surface area (Å²) < 4.78 is 4.71. The highest BCUT2D eigenvalue weighted by atomic mass is 35.5. The second kappa shape index (κ2) is 8.35. The van der Waals surface area contributed by atoms with Crippen LogP contribution in [0.25, 0.3) is 0 Å². The van der Waals surface area contributed by atoms with E-state index in [9.17, 15) is 9.59 Å². The molecule has 1 rings (SSSR count). The lowest BCUT2D eigenvalue weighted by molar-refractivity contribution is -0.143. The molecule has 1 aliphatic heterocycles. The number of rotatable bonds is 4. The molecular weight excluding hydrogens is 232 g/mol. The van der Waals surface area contributed by atoms with Crippen LogP contribution in [0, 0.1) is 0 Å². The second-order valence-corrected chi connectivity index (χ2v) is 3.53. The molecule has 5 nitrogen and oxygen atoms in total. The van der Waals surface area contributed by atoms with Crippen LogP contribution in [0.4, 0.5) is 0 Å². The van der Waals surface area contributed by atoms with Crippen LogP contribution in [-0.2, 0) is 14.3 Å². The number of ether oxygens (including phenoxy) is 1. The van der Waals surface area contributed by atoms with E-state index in [-0.39, 0.29) is 36.9 Å². The molecule has 2 N–H and O–H groups in total. The van der Waals surface area contributed by atoms with E-state index in [0.29, 0.717) is 6.61 Å². The standard InChI is InChI=1S/C10H18N2O3.ClH/c1-2-15-9(13)7-12-10(14)8-5-3-4-6-11-8;/h8,11H,2-7H2,1H3,(H,12,14);1H/t8-;/m1./s1. The Morgan fingerprint density at radius 3 is 2.75 bits per heavy atom. The number of amides is 1. The average Bonchev–Trinajstić information content (AvgIpc) is 2.27. The number of carbonyl (C=O) groups is 2. The van der Waals surface area contributed by atoms with Gasteiger partial charge in [0.25, 0.3) is 0 Å². The molecule has 0 aromatic heterocycles. The SMILES string of the molecule is CCOC(=O)CNC(=O)[C@H]1CCCCN1.Cl. The third-order valence-corrected chi connectivity index (χ3v) is 2.34. The van der Waals surface area contributed by atoms with Gasteiger partial charge in [-0.3, -0.25) is 9.59 Å². The average molecular weight is 251 g/mol. The lowest BCUT2D eigenvalue weighted by Crippen LogP contribution is -2.47. The van der Waals surface area contributed by atoms with Crippen LogP contribution in [0.3, 0.4) is 0 Å². The van der Waals surface area contributed by atoms with Crippen molar-refractivity contribution in [2.24, 2.45) is 0 Å². The van der Waals surface area contributed by atoms with Crippen LogP contribution >= 0.6 is 12.4 Å². The molecular formula is C10H19ClN2O3. The van der Waals surface area contributed by atoms with Crippen molar-refractivity contribution in [1.29, 1.82) is 0 Å². The lowest BCUT2D eigenvalue weighted by Gasteiger charge is -2.22. The molecule has 1 heterocycles. The maximum atomic E-state index is 11.5. The molecule has 0 bridgehead atoms. The number of esters is 1. The minimum absolute atomic E-state index is 0. The molecule has 0 aromatic carbocycles. The Bertz CT molecular complexity index is 230. The van der Waals surface area contributed by atoms with Gasteiger partial charge in [0.15, 0.2) is 0 Å². The molecule has 1 saturated heterocycles. The van der Waals surface area contributed by atoms with Gasteiger partial charge in [-0.15, -0.1) is 12.4 Å². The molecule has 1 fully saturated rings. The van der Waals surface area contributed by atoms with E-state index in [4.69, 9.17) is 4.74 Å². The first kappa shape index (κ1) is 15.2. The first-order valence-electron chi connectivity index (χ1n) is 5.40. The zero-order chi connectivity index (χ0) is 11.1. The van der Waals surface area contributed by atoms with Crippen molar-refractivity contribution in [3.05, 3.63) is 0 Å². The van der Waals surface area contributed by atoms with E-state index >= 15 is 0 Å². The van der Waals surface area contributed by atoms with Crippen LogP contribution in [-0.4, -0.2) is 37.6 Å². The van der Waals surface area contributed by atoms with E-state index in [0.717, 1.165) is 25.8 Å². The van der Waals surface area contributed by atoms with Gasteiger partial charge in [0.1, 0.15) is 6.54 Å². The minimum Gasteiger partial charge on any atom is -0.465 e. The first-order valence-corrected chi connectivity index (χ1v) is 5.40. The highest BCUT2D eigenvalue weighted by Crippen LogP contribution is 2.06. The third kappa shape index (κ3) is 5.32. The summed E-state index contributed by atoms with van der Waals surface area (Å²) in [5.41, 5.74) is 0. The van der Waals surface area contributed by atoms with Gasteiger partial charge in [-0.1, -0.05) is 6.42 Å². The highest BCUT2D eigenvalue weighted by molar-refractivity contribution is 5.86. The van der Waals surface area contributed by atoms with Crippen LogP contribution < -0.4 is 10.6 Å². The van der Waals surface area contributed by atoms with Crippen molar-refractivity contribution in [1.82, 2.24) is 10.6 Å². The maximum absolute atomic E-state index is 11.5. The van der Waals surface area contributed by atoms with E-state index in [1.807, 2.05) is 0 Å². The molecule has 0 spiro atoms. The van der Waals surface area contributed by atoms with Gasteiger partial charge < -0.3 is 15.4 Å². The van der Waals surface area contributed by atoms with Crippen LogP contribution in [0.5, 0.6) is 0 Å². The Kier molecular flexibility index (Phi) is 7.93. The first-order chi connectivity index (χ1) is 7.24. The number of hydrogen-bond donors (Lipinski definition) is 2. The van der Waals surface area contributed by atoms with Crippen molar-refractivity contribution in [2.45, 2.75) is 32.2 Å². The lowest BCUT2D eigenvalue weighted by atomic mass is 10.0. The van der Waals surface area contributed by atoms with Crippen molar-refractivity contribution < 1.29 is 14.3 Å². The summed E-state index contributed by atoms with van der Waals surface area (Å²) in [4.78, 5) is 22.5. The Morgan fingerprint density at radius 2 is 2.19 bits per heavy atom. The van der Waals surface area contributed by atoms with E-state index in [2.05, 4.69) is 10.6 Å². The fourth-order valence-electron chi connectivity index (χ4n) is 1.57. The summed E-state index contributed by atoms with van der Waals surface area (Å²) in [5, 5.41) is 5.67. The Labute approximate surface area is 102 Å². The van der Waals surface area contributed by atoms with Crippen molar-refractivity contribution in [3.8, 4) is 0 Å². The Balaban J connectivity index is 0.00000225. The summed E-state index contributed by atoms with van der Waals surface area (Å²) in [6.07, 6.45) is 3.01. The van der Waals surface area contributed by atoms with Gasteiger partial charge in [0.05, 0.1) is 12.6 Å². The largest absolute Gasteiger partial charge is 0.465 e. The third-order valence-electron chi connectivity index (χ3n) is 2.34. The Hall–Kier alpha value is -0.810. The Morgan fingerprint density at radius 1 is 1.44 bits per heavy atom. The quantitative estimate of drug-likeness (QED) is 0.701. The molecule has 0 radical (unpaired) electrons. The van der Waals surface area contributed by atoms with Crippen molar-refractivity contribution in [2.75, 3.05) is 19.7 Å². The topological polar surface area (TPSA) is 67.4 Å². The normalized spacial score (nSPS) is 19.4. The molecule has 1 atom stereocenters. The summed E-state index contributed by atoms with van der Waals surface area (Å²) in [6.45, 7) is 2.92. The van der Waals surface area contributed by atoms with Gasteiger partial charge >= 0.3 is 5.97 Å². The van der Waals surface area contributed by atoms with Gasteiger partial charge in [-0.05, 0) is 26.3 Å². The van der Waals surface area contributed by atoms with Crippen molar-refractivity contribution >= 4 is 24.3 Å². The van der Waals surface area contributed by atoms with Crippen LogP contribution in [0.2, 0.25) is 0 Å². The number of hydrogen-bond acceptors (Lipinski definition) is 4. The number of carbonyl (C=O) groups excluding carboxylic acids is 2. The molecule has 94 valence electrons. The number of piperidine rings is 1. The molecule has 0 aliphatic carbocycles. The summed E-state index contributed by atoms with van der Waals surface area (Å²) in [7, 11) is 0. The summed E-state index contributed by atoms with van der Waals surface area (Å²) in [6, 6.07) is -0.145. The molecule has 0 aromatic rings. The van der Waals surface area contributed by atoms with Crippen LogP contribution in [0.15, 0.2) is 0 Å². The zero-order valence-electron chi connectivity index (χ0n) is 9.45. The molecule has 6 heteroatoms. The fraction of sp³-hybridized carbons (Fsp3) is 0.800. The highest BCUT2D eigenvalue weighted by Gasteiger charge is 2.20. The van der Waals surface area contributed by atoms with E-state index in [1.165, 1.54) is 0 Å². The molecule has 0 saturated carbocycles. The van der Waals surface area contributed by atoms with E-state index in [1.54, 1.807) is 6.92 Å². The van der Waals surface area contributed by atoms with Gasteiger partial charge in [0.2, 0.25) is 5.91 Å². The van der Waals surface area contributed by atoms with Crippen molar-refractivity contribution in [3.63, 3.8) is 0 Å². The van der Waals surface area contributed by atoms with Gasteiger partial charge in [-0.25, -0.2) is 0 Å². The fourth-order valence-corrected chi connectivity index (χ4v) is 1.57. The second-order valence-electron chi connectivity index (χ2n) is 3.53. The molecule has 1 amide bonds. The van der Waals surface area contributed by atoms with Gasteiger partial charge in [-0.2, -0.15) is 0 Å². The summed E-state index contributed by atoms with van der Waals surface area (Å²) in [5.74, 6) is -0.496. The number of halogens is 1. The zero-order valence-corrected chi connectivity index (χ0v) is 10.3. The number of nitrogens with one attached hydrogen (secondary N) is 2. The van der Waals surface area contributed by atoms with Gasteiger partial charge in [0, 0.05) is 0 Å². The molecule has 0 unspecified atom stereocenters. The summed E-state index contributed by atoms with van der Waals surface area (Å²) >= 11 is 0. The maximum Gasteiger partial charge on any atom is 0.325 e. The predicted octanol–water partition coefficient (Wildman–Crippen LogP) is 0.230. The molecule has 16 heavy (non-hydrogen) atoms. The molecule has 1 aliphatic rings. The smallest absolute Gasteiger partial charge is 0.325 e.